The van der Waals surface area contributed by atoms with E-state index in [-0.39, 0.29) is 0 Å². The van der Waals surface area contributed by atoms with Crippen LogP contribution in [0.25, 0.3) is 10.9 Å². The molecule has 0 spiro atoms. The number of hydrogen-bond donors (Lipinski definition) is 2. The first-order chi connectivity index (χ1) is 8.86. The van der Waals surface area contributed by atoms with Crippen molar-refractivity contribution in [1.82, 2.24) is 9.88 Å². The Morgan fingerprint density at radius 2 is 2.00 bits per heavy atom. The number of aromatic nitrogens is 1. The molecule has 0 amide bonds. The number of benzene rings is 1. The lowest BCUT2D eigenvalue weighted by Crippen LogP contribution is -2.28. The number of hydrogen-bond acceptors (Lipinski definition) is 2. The van der Waals surface area contributed by atoms with E-state index in [0.29, 0.717) is 6.54 Å². The normalized spacial score (nSPS) is 17.4. The highest BCUT2D eigenvalue weighted by molar-refractivity contribution is 5.83. The van der Waals surface area contributed by atoms with Crippen LogP contribution in [-0.4, -0.2) is 23.0 Å². The average molecular weight is 243 g/mol. The van der Waals surface area contributed by atoms with Crippen molar-refractivity contribution in [2.45, 2.75) is 32.4 Å². The summed E-state index contributed by atoms with van der Waals surface area (Å²) in [5.41, 5.74) is 9.49. The van der Waals surface area contributed by atoms with Crippen LogP contribution in [0.5, 0.6) is 0 Å². The molecular formula is C15H21N3. The second-order valence-electron chi connectivity index (χ2n) is 5.23. The third-order valence-corrected chi connectivity index (χ3v) is 3.91. The van der Waals surface area contributed by atoms with Gasteiger partial charge >= 0.3 is 0 Å². The van der Waals surface area contributed by atoms with Gasteiger partial charge in [0, 0.05) is 30.2 Å². The minimum absolute atomic E-state index is 0.608. The Morgan fingerprint density at radius 1 is 1.17 bits per heavy atom. The summed E-state index contributed by atoms with van der Waals surface area (Å²) in [6.45, 7) is 4.17. The largest absolute Gasteiger partial charge is 0.361 e. The van der Waals surface area contributed by atoms with Gasteiger partial charge in [0.15, 0.2) is 0 Å². The quantitative estimate of drug-likeness (QED) is 0.870. The number of H-pyrrole nitrogens is 1. The van der Waals surface area contributed by atoms with Crippen molar-refractivity contribution in [1.29, 1.82) is 0 Å². The second-order valence-corrected chi connectivity index (χ2v) is 5.23. The van der Waals surface area contributed by atoms with Gasteiger partial charge in [0.1, 0.15) is 0 Å². The van der Waals surface area contributed by atoms with Crippen LogP contribution in [0.3, 0.4) is 0 Å². The molecule has 0 radical (unpaired) electrons. The van der Waals surface area contributed by atoms with Crippen LogP contribution < -0.4 is 5.73 Å². The maximum atomic E-state index is 5.67. The van der Waals surface area contributed by atoms with E-state index in [9.17, 15) is 0 Å². The molecule has 3 nitrogen and oxygen atoms in total. The summed E-state index contributed by atoms with van der Waals surface area (Å²) < 4.78 is 0. The van der Waals surface area contributed by atoms with Crippen molar-refractivity contribution >= 4 is 10.9 Å². The molecular weight excluding hydrogens is 222 g/mol. The lowest BCUT2D eigenvalue weighted by molar-refractivity contribution is 0.221. The van der Waals surface area contributed by atoms with Gasteiger partial charge in [-0.25, -0.2) is 0 Å². The van der Waals surface area contributed by atoms with Gasteiger partial charge in [-0.15, -0.1) is 0 Å². The van der Waals surface area contributed by atoms with Gasteiger partial charge in [-0.3, -0.25) is 4.90 Å². The molecule has 18 heavy (non-hydrogen) atoms. The highest BCUT2D eigenvalue weighted by Gasteiger charge is 2.12. The number of nitrogens with one attached hydrogen (secondary N) is 1. The summed E-state index contributed by atoms with van der Waals surface area (Å²) in [6, 6.07) is 6.50. The molecule has 3 heteroatoms. The van der Waals surface area contributed by atoms with E-state index in [2.05, 4.69) is 34.3 Å². The zero-order valence-electron chi connectivity index (χ0n) is 10.8. The van der Waals surface area contributed by atoms with E-state index in [1.807, 2.05) is 0 Å². The fourth-order valence-corrected chi connectivity index (χ4v) is 2.85. The Hall–Kier alpha value is -1.32. The Morgan fingerprint density at radius 3 is 2.78 bits per heavy atom. The molecule has 1 aliphatic rings. The molecule has 1 aliphatic heterocycles. The predicted octanol–water partition coefficient (Wildman–Crippen LogP) is 2.61. The van der Waals surface area contributed by atoms with Crippen molar-refractivity contribution in [2.75, 3.05) is 13.1 Å². The molecule has 2 aromatic rings. The highest BCUT2D eigenvalue weighted by Crippen LogP contribution is 2.22. The molecule has 0 aliphatic carbocycles. The van der Waals surface area contributed by atoms with Crippen LogP contribution in [0.15, 0.2) is 24.4 Å². The molecule has 3 N–H and O–H groups in total. The predicted molar refractivity (Wildman–Crippen MR) is 75.3 cm³/mol. The van der Waals surface area contributed by atoms with E-state index in [4.69, 9.17) is 5.73 Å². The second kappa shape index (κ2) is 5.12. The zero-order valence-corrected chi connectivity index (χ0v) is 10.8. The first kappa shape index (κ1) is 11.8. The smallest absolute Gasteiger partial charge is 0.0460 e. The van der Waals surface area contributed by atoms with Gasteiger partial charge < -0.3 is 10.7 Å². The van der Waals surface area contributed by atoms with Gasteiger partial charge in [0.25, 0.3) is 0 Å². The Kier molecular flexibility index (Phi) is 3.35. The lowest BCUT2D eigenvalue weighted by atomic mass is 10.1. The molecule has 2 heterocycles. The summed E-state index contributed by atoms with van der Waals surface area (Å²) in [5, 5.41) is 1.35. The van der Waals surface area contributed by atoms with Crippen LogP contribution >= 0.6 is 0 Å². The molecule has 1 aromatic carbocycles. The fraction of sp³-hybridized carbons (Fsp3) is 0.467. The van der Waals surface area contributed by atoms with Crippen molar-refractivity contribution in [3.63, 3.8) is 0 Å². The van der Waals surface area contributed by atoms with Crippen LogP contribution in [0.4, 0.5) is 0 Å². The van der Waals surface area contributed by atoms with E-state index < -0.39 is 0 Å². The molecule has 1 fully saturated rings. The summed E-state index contributed by atoms with van der Waals surface area (Å²) in [6.07, 6.45) is 6.24. The van der Waals surface area contributed by atoms with Gasteiger partial charge in [-0.1, -0.05) is 18.6 Å². The van der Waals surface area contributed by atoms with Crippen LogP contribution in [0, 0.1) is 0 Å². The van der Waals surface area contributed by atoms with E-state index in [0.717, 1.165) is 6.54 Å². The number of rotatable bonds is 3. The third kappa shape index (κ3) is 2.28. The fourth-order valence-electron chi connectivity index (χ4n) is 2.85. The van der Waals surface area contributed by atoms with Gasteiger partial charge in [0.2, 0.25) is 0 Å². The zero-order chi connectivity index (χ0) is 12.4. The number of fused-ring (bicyclic) bond motifs is 1. The lowest BCUT2D eigenvalue weighted by Gasteiger charge is -2.26. The van der Waals surface area contributed by atoms with E-state index in [1.54, 1.807) is 0 Å². The molecule has 1 aromatic heterocycles. The minimum Gasteiger partial charge on any atom is -0.361 e. The number of nitrogens with two attached hydrogens (primary N) is 1. The van der Waals surface area contributed by atoms with Crippen molar-refractivity contribution in [3.8, 4) is 0 Å². The molecule has 0 saturated carbocycles. The Balaban J connectivity index is 1.83. The first-order valence-electron chi connectivity index (χ1n) is 6.88. The molecule has 96 valence electrons. The summed E-state index contributed by atoms with van der Waals surface area (Å²) >= 11 is 0. The topological polar surface area (TPSA) is 45.0 Å². The number of piperidine rings is 1. The van der Waals surface area contributed by atoms with Crippen molar-refractivity contribution in [2.24, 2.45) is 5.73 Å². The summed E-state index contributed by atoms with van der Waals surface area (Å²) in [5.74, 6) is 0. The molecule has 0 atom stereocenters. The minimum atomic E-state index is 0.608. The van der Waals surface area contributed by atoms with Crippen LogP contribution in [-0.2, 0) is 13.1 Å². The van der Waals surface area contributed by atoms with Gasteiger partial charge in [-0.05, 0) is 43.1 Å². The number of nitrogens with zero attached hydrogens (tertiary/aromatic N) is 1. The maximum Gasteiger partial charge on any atom is 0.0460 e. The van der Waals surface area contributed by atoms with Gasteiger partial charge in [-0.2, -0.15) is 0 Å². The Labute approximate surface area is 108 Å². The van der Waals surface area contributed by atoms with Gasteiger partial charge in [0.05, 0.1) is 0 Å². The summed E-state index contributed by atoms with van der Waals surface area (Å²) in [4.78, 5) is 5.93. The van der Waals surface area contributed by atoms with Crippen molar-refractivity contribution in [3.05, 3.63) is 35.5 Å². The number of aromatic amines is 1. The van der Waals surface area contributed by atoms with E-state index >= 15 is 0 Å². The van der Waals surface area contributed by atoms with Crippen LogP contribution in [0.2, 0.25) is 0 Å². The summed E-state index contributed by atoms with van der Waals surface area (Å²) in [7, 11) is 0. The SMILES string of the molecule is NCc1ccc2c(CN3CCCCC3)c[nH]c2c1. The van der Waals surface area contributed by atoms with Crippen LogP contribution in [0.1, 0.15) is 30.4 Å². The first-order valence-corrected chi connectivity index (χ1v) is 6.88. The third-order valence-electron chi connectivity index (χ3n) is 3.91. The average Bonchev–Trinajstić information content (AvgIpc) is 2.82. The molecule has 0 bridgehead atoms. The molecule has 3 rings (SSSR count). The van der Waals surface area contributed by atoms with Crippen molar-refractivity contribution < 1.29 is 0 Å². The number of likely N-dealkylation sites (tertiary alicyclic amines) is 1. The maximum absolute atomic E-state index is 5.67. The molecule has 0 unspecified atom stereocenters. The highest BCUT2D eigenvalue weighted by atomic mass is 15.1. The standard InChI is InChI=1S/C15H21N3/c16-9-12-4-5-14-13(10-17-15(14)8-12)11-18-6-2-1-3-7-18/h4-5,8,10,17H,1-3,6-7,9,11,16H2. The monoisotopic (exact) mass is 243 g/mol. The van der Waals surface area contributed by atoms with E-state index in [1.165, 1.54) is 54.4 Å². The Bertz CT molecular complexity index is 524. The molecule has 1 saturated heterocycles.